The molecule has 1 saturated heterocycles. The van der Waals surface area contributed by atoms with Crippen LogP contribution in [-0.4, -0.2) is 48.7 Å². The topological polar surface area (TPSA) is 60.5 Å². The fourth-order valence-corrected chi connectivity index (χ4v) is 3.07. The average Bonchev–Trinajstić information content (AvgIpc) is 3.14. The van der Waals surface area contributed by atoms with Crippen LogP contribution in [0.5, 0.6) is 0 Å². The van der Waals surface area contributed by atoms with Crippen molar-refractivity contribution in [1.29, 1.82) is 0 Å². The van der Waals surface area contributed by atoms with Gasteiger partial charge >= 0.3 is 0 Å². The van der Waals surface area contributed by atoms with Crippen LogP contribution in [0.15, 0.2) is 30.9 Å². The van der Waals surface area contributed by atoms with Crippen molar-refractivity contribution in [2.24, 2.45) is 7.05 Å². The molecule has 1 aliphatic rings. The molecule has 0 radical (unpaired) electrons. The Hall–Kier alpha value is -2.25. The Morgan fingerprint density at radius 3 is 3.13 bits per heavy atom. The van der Waals surface area contributed by atoms with E-state index in [0.717, 1.165) is 31.1 Å². The third-order valence-electron chi connectivity index (χ3n) is 4.32. The van der Waals surface area contributed by atoms with Crippen LogP contribution in [0.25, 0.3) is 5.65 Å². The maximum absolute atomic E-state index is 5.87. The van der Waals surface area contributed by atoms with Gasteiger partial charge in [-0.15, -0.1) is 10.2 Å². The summed E-state index contributed by atoms with van der Waals surface area (Å²) < 4.78 is 9.94. The lowest BCUT2D eigenvalue weighted by Crippen LogP contribution is -2.38. The van der Waals surface area contributed by atoms with E-state index in [4.69, 9.17) is 4.74 Å². The van der Waals surface area contributed by atoms with Gasteiger partial charge in [-0.2, -0.15) is 0 Å². The molecule has 1 atom stereocenters. The van der Waals surface area contributed by atoms with Crippen LogP contribution in [0, 0.1) is 6.92 Å². The Kier molecular flexibility index (Phi) is 3.59. The number of hydrogen-bond donors (Lipinski definition) is 0. The molecule has 0 amide bonds. The molecule has 7 heteroatoms. The summed E-state index contributed by atoms with van der Waals surface area (Å²) >= 11 is 0. The molecule has 0 spiro atoms. The number of hydrogen-bond acceptors (Lipinski definition) is 5. The average molecular weight is 312 g/mol. The number of aryl methyl sites for hydroxylation is 2. The van der Waals surface area contributed by atoms with Gasteiger partial charge in [0.1, 0.15) is 18.1 Å². The van der Waals surface area contributed by atoms with Crippen molar-refractivity contribution < 1.29 is 4.74 Å². The molecule has 0 bridgehead atoms. The molecule has 7 nitrogen and oxygen atoms in total. The summed E-state index contributed by atoms with van der Waals surface area (Å²) in [4.78, 5) is 6.89. The van der Waals surface area contributed by atoms with Gasteiger partial charge in [0.2, 0.25) is 0 Å². The summed E-state index contributed by atoms with van der Waals surface area (Å²) in [6.07, 6.45) is 5.73. The SMILES string of the molecule is Cc1ccn2c(CN3CCO[C@H](c4nncn4C)C3)cnc2c1. The summed E-state index contributed by atoms with van der Waals surface area (Å²) in [6, 6.07) is 4.21. The summed E-state index contributed by atoms with van der Waals surface area (Å²) in [5.41, 5.74) is 3.42. The Morgan fingerprint density at radius 2 is 2.30 bits per heavy atom. The molecular formula is C16H20N6O. The molecular weight excluding hydrogens is 292 g/mol. The smallest absolute Gasteiger partial charge is 0.163 e. The fourth-order valence-electron chi connectivity index (χ4n) is 3.07. The van der Waals surface area contributed by atoms with Gasteiger partial charge in [0.05, 0.1) is 18.5 Å². The van der Waals surface area contributed by atoms with E-state index in [1.54, 1.807) is 6.33 Å². The minimum atomic E-state index is -0.0299. The van der Waals surface area contributed by atoms with Crippen molar-refractivity contribution in [2.75, 3.05) is 19.7 Å². The molecule has 3 aromatic rings. The van der Waals surface area contributed by atoms with Gasteiger partial charge in [0.15, 0.2) is 5.82 Å². The normalized spacial score (nSPS) is 19.5. The first-order valence-corrected chi connectivity index (χ1v) is 7.81. The first-order chi connectivity index (χ1) is 11.2. The van der Waals surface area contributed by atoms with Crippen molar-refractivity contribution >= 4 is 5.65 Å². The molecule has 3 aromatic heterocycles. The zero-order chi connectivity index (χ0) is 15.8. The second kappa shape index (κ2) is 5.75. The van der Waals surface area contributed by atoms with E-state index in [9.17, 15) is 0 Å². The van der Waals surface area contributed by atoms with Crippen molar-refractivity contribution in [2.45, 2.75) is 19.6 Å². The first kappa shape index (κ1) is 14.3. The Morgan fingerprint density at radius 1 is 1.39 bits per heavy atom. The number of aromatic nitrogens is 5. The lowest BCUT2D eigenvalue weighted by atomic mass is 10.2. The van der Waals surface area contributed by atoms with Gasteiger partial charge in [0.25, 0.3) is 0 Å². The Bertz CT molecular complexity index is 823. The van der Waals surface area contributed by atoms with Gasteiger partial charge < -0.3 is 13.7 Å². The largest absolute Gasteiger partial charge is 0.368 e. The highest BCUT2D eigenvalue weighted by Crippen LogP contribution is 2.21. The van der Waals surface area contributed by atoms with Crippen molar-refractivity contribution in [3.8, 4) is 0 Å². The molecule has 0 saturated carbocycles. The molecule has 0 aromatic carbocycles. The molecule has 23 heavy (non-hydrogen) atoms. The zero-order valence-electron chi connectivity index (χ0n) is 13.4. The third-order valence-corrected chi connectivity index (χ3v) is 4.32. The highest BCUT2D eigenvalue weighted by molar-refractivity contribution is 5.42. The van der Waals surface area contributed by atoms with Crippen molar-refractivity contribution in [3.63, 3.8) is 0 Å². The minimum absolute atomic E-state index is 0.0299. The molecule has 0 aliphatic carbocycles. The molecule has 4 rings (SSSR count). The summed E-state index contributed by atoms with van der Waals surface area (Å²) in [5.74, 6) is 0.878. The van der Waals surface area contributed by atoms with Crippen LogP contribution in [-0.2, 0) is 18.3 Å². The Labute approximate surface area is 134 Å². The first-order valence-electron chi connectivity index (χ1n) is 7.81. The Balaban J connectivity index is 1.53. The number of morpholine rings is 1. The minimum Gasteiger partial charge on any atom is -0.368 e. The fraction of sp³-hybridized carbons (Fsp3) is 0.438. The van der Waals surface area contributed by atoms with E-state index < -0.39 is 0 Å². The predicted molar refractivity (Wildman–Crippen MR) is 84.9 cm³/mol. The van der Waals surface area contributed by atoms with Gasteiger partial charge in [0, 0.05) is 32.9 Å². The van der Waals surface area contributed by atoms with Crippen LogP contribution in [0.4, 0.5) is 0 Å². The van der Waals surface area contributed by atoms with Crippen LogP contribution >= 0.6 is 0 Å². The maximum atomic E-state index is 5.87. The number of ether oxygens (including phenoxy) is 1. The standard InChI is InChI=1S/C16H20N6O/c1-12-3-4-22-13(8-17-15(22)7-12)9-21-5-6-23-14(10-21)16-19-18-11-20(16)2/h3-4,7-8,11,14H,5-6,9-10H2,1-2H3/t14-/m0/s1. The van der Waals surface area contributed by atoms with Crippen LogP contribution < -0.4 is 0 Å². The monoisotopic (exact) mass is 312 g/mol. The molecule has 120 valence electrons. The highest BCUT2D eigenvalue weighted by Gasteiger charge is 2.26. The molecule has 1 fully saturated rings. The highest BCUT2D eigenvalue weighted by atomic mass is 16.5. The molecule has 0 N–H and O–H groups in total. The van der Waals surface area contributed by atoms with Gasteiger partial charge in [-0.25, -0.2) is 4.98 Å². The molecule has 1 aliphatic heterocycles. The van der Waals surface area contributed by atoms with Crippen molar-refractivity contribution in [3.05, 3.63) is 47.9 Å². The summed E-state index contributed by atoms with van der Waals surface area (Å²) in [5, 5.41) is 8.12. The van der Waals surface area contributed by atoms with E-state index in [1.807, 2.05) is 17.8 Å². The third kappa shape index (κ3) is 2.73. The maximum Gasteiger partial charge on any atom is 0.163 e. The summed E-state index contributed by atoms with van der Waals surface area (Å²) in [7, 11) is 1.95. The van der Waals surface area contributed by atoms with Crippen molar-refractivity contribution in [1.82, 2.24) is 29.0 Å². The number of imidazole rings is 1. The number of fused-ring (bicyclic) bond motifs is 1. The lowest BCUT2D eigenvalue weighted by molar-refractivity contribution is -0.0389. The second-order valence-corrected chi connectivity index (χ2v) is 6.08. The number of pyridine rings is 1. The van der Waals surface area contributed by atoms with Gasteiger partial charge in [-0.3, -0.25) is 4.90 Å². The van der Waals surface area contributed by atoms with E-state index in [-0.39, 0.29) is 6.10 Å². The number of nitrogens with zero attached hydrogens (tertiary/aromatic N) is 6. The quantitative estimate of drug-likeness (QED) is 0.730. The number of rotatable bonds is 3. The van der Waals surface area contributed by atoms with E-state index in [0.29, 0.717) is 6.61 Å². The summed E-state index contributed by atoms with van der Waals surface area (Å²) in [6.45, 7) is 5.36. The van der Waals surface area contributed by atoms with Gasteiger partial charge in [-0.1, -0.05) is 0 Å². The van der Waals surface area contributed by atoms with Gasteiger partial charge in [-0.05, 0) is 24.6 Å². The van der Waals surface area contributed by atoms with Crippen LogP contribution in [0.2, 0.25) is 0 Å². The van der Waals surface area contributed by atoms with Crippen LogP contribution in [0.1, 0.15) is 23.2 Å². The molecule has 4 heterocycles. The molecule has 0 unspecified atom stereocenters. The van der Waals surface area contributed by atoms with E-state index in [2.05, 4.69) is 49.7 Å². The zero-order valence-corrected chi connectivity index (χ0v) is 13.4. The van der Waals surface area contributed by atoms with E-state index in [1.165, 1.54) is 11.3 Å². The lowest BCUT2D eigenvalue weighted by Gasteiger charge is -2.32. The van der Waals surface area contributed by atoms with Crippen LogP contribution in [0.3, 0.4) is 0 Å². The van der Waals surface area contributed by atoms with E-state index >= 15 is 0 Å². The second-order valence-electron chi connectivity index (χ2n) is 6.08. The predicted octanol–water partition coefficient (Wildman–Crippen LogP) is 1.34.